The van der Waals surface area contributed by atoms with E-state index in [1.807, 2.05) is 6.07 Å². The summed E-state index contributed by atoms with van der Waals surface area (Å²) in [5, 5.41) is 12.6. The highest BCUT2D eigenvalue weighted by molar-refractivity contribution is 6.30. The van der Waals surface area contributed by atoms with Crippen LogP contribution >= 0.6 is 11.6 Å². The van der Waals surface area contributed by atoms with Crippen LogP contribution in [0.2, 0.25) is 5.02 Å². The van der Waals surface area contributed by atoms with E-state index in [-0.39, 0.29) is 11.4 Å². The van der Waals surface area contributed by atoms with E-state index in [1.54, 1.807) is 60.7 Å². The summed E-state index contributed by atoms with van der Waals surface area (Å²) in [5.74, 6) is -0.272. The summed E-state index contributed by atoms with van der Waals surface area (Å²) >= 11 is 5.84. The van der Waals surface area contributed by atoms with Crippen molar-refractivity contribution >= 4 is 29.3 Å². The zero-order chi connectivity index (χ0) is 21.5. The third-order valence-electron chi connectivity index (χ3n) is 4.43. The first-order valence-electron chi connectivity index (χ1n) is 9.09. The molecule has 0 bridgehead atoms. The maximum absolute atomic E-state index is 14.0. The van der Waals surface area contributed by atoms with Gasteiger partial charge in [0.05, 0.1) is 7.11 Å². The molecule has 0 aromatic heterocycles. The topological polar surface area (TPSA) is 62.1 Å². The molecule has 6 heteroatoms. The molecule has 0 saturated carbocycles. The van der Waals surface area contributed by atoms with E-state index in [0.29, 0.717) is 34.0 Å². The number of hydrogen-bond acceptors (Lipinski definition) is 3. The molecule has 0 radical (unpaired) electrons. The molecule has 0 unspecified atom stereocenters. The van der Waals surface area contributed by atoms with E-state index in [1.165, 1.54) is 19.3 Å². The molecule has 0 spiro atoms. The van der Waals surface area contributed by atoms with Gasteiger partial charge in [0.15, 0.2) is 0 Å². The Morgan fingerprint density at radius 2 is 1.87 bits per heavy atom. The number of nitrogens with one attached hydrogen (secondary N) is 1. The van der Waals surface area contributed by atoms with Crippen molar-refractivity contribution in [1.29, 1.82) is 5.26 Å². The van der Waals surface area contributed by atoms with Crippen LogP contribution in [0.1, 0.15) is 16.7 Å². The number of methoxy groups -OCH3 is 1. The van der Waals surface area contributed by atoms with Crippen molar-refractivity contribution in [2.75, 3.05) is 12.4 Å². The van der Waals surface area contributed by atoms with Crippen LogP contribution in [0.5, 0.6) is 5.75 Å². The van der Waals surface area contributed by atoms with Gasteiger partial charge in [-0.2, -0.15) is 5.26 Å². The molecule has 150 valence electrons. The van der Waals surface area contributed by atoms with Gasteiger partial charge in [0.25, 0.3) is 5.91 Å². The van der Waals surface area contributed by atoms with E-state index < -0.39 is 5.91 Å². The normalized spacial score (nSPS) is 10.9. The van der Waals surface area contributed by atoms with Crippen LogP contribution in [0, 0.1) is 17.1 Å². The van der Waals surface area contributed by atoms with Crippen LogP contribution in [0.25, 0.3) is 6.08 Å². The van der Waals surface area contributed by atoms with E-state index in [2.05, 4.69) is 5.32 Å². The second-order valence-corrected chi connectivity index (χ2v) is 6.91. The van der Waals surface area contributed by atoms with Crippen LogP contribution in [0.15, 0.2) is 72.3 Å². The van der Waals surface area contributed by atoms with Crippen LogP contribution < -0.4 is 10.1 Å². The Morgan fingerprint density at radius 1 is 1.13 bits per heavy atom. The number of benzene rings is 3. The molecule has 4 nitrogen and oxygen atoms in total. The van der Waals surface area contributed by atoms with Crippen molar-refractivity contribution in [3.05, 3.63) is 99.8 Å². The van der Waals surface area contributed by atoms with Crippen LogP contribution in [0.3, 0.4) is 0 Å². The molecule has 30 heavy (non-hydrogen) atoms. The Hall–Kier alpha value is -3.62. The molecule has 0 aliphatic rings. The number of halogens is 2. The Morgan fingerprint density at radius 3 is 2.53 bits per heavy atom. The van der Waals surface area contributed by atoms with E-state index in [0.717, 1.165) is 5.56 Å². The van der Waals surface area contributed by atoms with Gasteiger partial charge in [0.2, 0.25) is 0 Å². The number of anilines is 1. The molecular weight excluding hydrogens is 403 g/mol. The summed E-state index contributed by atoms with van der Waals surface area (Å²) in [6.07, 6.45) is 1.84. The van der Waals surface area contributed by atoms with Gasteiger partial charge in [0, 0.05) is 17.1 Å². The summed E-state index contributed by atoms with van der Waals surface area (Å²) in [4.78, 5) is 12.4. The summed E-state index contributed by atoms with van der Waals surface area (Å²) in [5.41, 5.74) is 2.44. The number of ether oxygens (including phenoxy) is 1. The fraction of sp³-hybridized carbons (Fsp3) is 0.0833. The summed E-state index contributed by atoms with van der Waals surface area (Å²) in [6.45, 7) is 0. The minimum Gasteiger partial charge on any atom is -0.496 e. The summed E-state index contributed by atoms with van der Waals surface area (Å²) in [7, 11) is 1.52. The number of nitriles is 1. The highest BCUT2D eigenvalue weighted by Gasteiger charge is 2.12. The number of carbonyl (C=O) groups excluding carboxylic acids is 1. The van der Waals surface area contributed by atoms with Crippen molar-refractivity contribution in [1.82, 2.24) is 0 Å². The predicted octanol–water partition coefficient (Wildman–Crippen LogP) is 5.62. The van der Waals surface area contributed by atoms with Crippen molar-refractivity contribution in [3.8, 4) is 11.8 Å². The molecule has 1 N–H and O–H groups in total. The predicted molar refractivity (Wildman–Crippen MR) is 116 cm³/mol. The van der Waals surface area contributed by atoms with Gasteiger partial charge in [-0.05, 0) is 59.2 Å². The minimum atomic E-state index is -0.533. The fourth-order valence-corrected chi connectivity index (χ4v) is 3.02. The van der Waals surface area contributed by atoms with Crippen molar-refractivity contribution < 1.29 is 13.9 Å². The highest BCUT2D eigenvalue weighted by Crippen LogP contribution is 2.25. The zero-order valence-corrected chi connectivity index (χ0v) is 16.9. The quantitative estimate of drug-likeness (QED) is 0.415. The number of carbonyl (C=O) groups is 1. The Balaban J connectivity index is 1.82. The molecule has 3 rings (SSSR count). The Labute approximate surface area is 179 Å². The molecule has 0 heterocycles. The maximum Gasteiger partial charge on any atom is 0.266 e. The maximum atomic E-state index is 14.0. The molecule has 1 amide bonds. The summed E-state index contributed by atoms with van der Waals surface area (Å²) in [6, 6.07) is 20.3. The third kappa shape index (κ3) is 5.25. The van der Waals surface area contributed by atoms with Crippen molar-refractivity contribution in [2.45, 2.75) is 6.42 Å². The van der Waals surface area contributed by atoms with Gasteiger partial charge in [-0.3, -0.25) is 4.79 Å². The lowest BCUT2D eigenvalue weighted by Crippen LogP contribution is -2.13. The molecule has 0 atom stereocenters. The van der Waals surface area contributed by atoms with Gasteiger partial charge < -0.3 is 10.1 Å². The van der Waals surface area contributed by atoms with E-state index in [9.17, 15) is 14.4 Å². The highest BCUT2D eigenvalue weighted by atomic mass is 35.5. The van der Waals surface area contributed by atoms with E-state index in [4.69, 9.17) is 16.3 Å². The smallest absolute Gasteiger partial charge is 0.266 e. The number of nitrogens with zero attached hydrogens (tertiary/aromatic N) is 1. The number of amides is 1. The third-order valence-corrected chi connectivity index (χ3v) is 4.68. The number of hydrogen-bond donors (Lipinski definition) is 1. The van der Waals surface area contributed by atoms with Gasteiger partial charge >= 0.3 is 0 Å². The van der Waals surface area contributed by atoms with Gasteiger partial charge in [-0.1, -0.05) is 41.9 Å². The Bertz CT molecular complexity index is 1130. The lowest BCUT2D eigenvalue weighted by atomic mass is 10.0. The monoisotopic (exact) mass is 420 g/mol. The molecule has 0 fully saturated rings. The second kappa shape index (κ2) is 9.73. The van der Waals surface area contributed by atoms with Crippen molar-refractivity contribution in [2.24, 2.45) is 0 Å². The average Bonchev–Trinajstić information content (AvgIpc) is 2.76. The molecule has 3 aromatic carbocycles. The van der Waals surface area contributed by atoms with Gasteiger partial charge in [0.1, 0.15) is 23.2 Å². The first-order chi connectivity index (χ1) is 14.5. The first-order valence-corrected chi connectivity index (χ1v) is 9.47. The van der Waals surface area contributed by atoms with Crippen LogP contribution in [-0.4, -0.2) is 13.0 Å². The fourth-order valence-electron chi connectivity index (χ4n) is 2.89. The summed E-state index contributed by atoms with van der Waals surface area (Å²) < 4.78 is 19.4. The SMILES string of the molecule is COc1cc(/C=C(\C#N)C(=O)Nc2ccc(Cl)cc2)ccc1Cc1ccccc1F. The molecule has 0 aliphatic carbocycles. The zero-order valence-electron chi connectivity index (χ0n) is 16.2. The second-order valence-electron chi connectivity index (χ2n) is 6.47. The van der Waals surface area contributed by atoms with Gasteiger partial charge in [-0.15, -0.1) is 0 Å². The largest absolute Gasteiger partial charge is 0.496 e. The first kappa shape index (κ1) is 21.1. The standard InChI is InChI=1S/C24H18ClFN2O2/c1-30-23-13-16(6-7-18(23)14-17-4-2-3-5-22(17)26)12-19(15-27)24(29)28-21-10-8-20(25)9-11-21/h2-13H,14H2,1H3,(H,28,29)/b19-12+. The van der Waals surface area contributed by atoms with E-state index >= 15 is 0 Å². The lowest BCUT2D eigenvalue weighted by molar-refractivity contribution is -0.112. The van der Waals surface area contributed by atoms with Crippen LogP contribution in [0.4, 0.5) is 10.1 Å². The van der Waals surface area contributed by atoms with Crippen molar-refractivity contribution in [3.63, 3.8) is 0 Å². The minimum absolute atomic E-state index is 0.0612. The molecular formula is C24H18ClFN2O2. The lowest BCUT2D eigenvalue weighted by Gasteiger charge is -2.11. The average molecular weight is 421 g/mol. The Kier molecular flexibility index (Phi) is 6.84. The molecule has 0 saturated heterocycles. The van der Waals surface area contributed by atoms with Gasteiger partial charge in [-0.25, -0.2) is 4.39 Å². The number of rotatable bonds is 6. The molecule has 3 aromatic rings. The molecule has 0 aliphatic heterocycles. The van der Waals surface area contributed by atoms with Crippen LogP contribution in [-0.2, 0) is 11.2 Å².